The van der Waals surface area contributed by atoms with E-state index in [1.54, 1.807) is 0 Å². The molecule has 4 unspecified atom stereocenters. The third-order valence-electron chi connectivity index (χ3n) is 5.78. The lowest BCUT2D eigenvalue weighted by Gasteiger charge is -2.40. The molecule has 3 rings (SSSR count). The highest BCUT2D eigenvalue weighted by Gasteiger charge is 2.42. The van der Waals surface area contributed by atoms with Gasteiger partial charge in [0.15, 0.2) is 0 Å². The van der Waals surface area contributed by atoms with E-state index in [4.69, 9.17) is 5.73 Å². The molecule has 2 amide bonds. The summed E-state index contributed by atoms with van der Waals surface area (Å²) in [5.41, 5.74) is 5.42. The molecule has 0 radical (unpaired) electrons. The Morgan fingerprint density at radius 3 is 2.78 bits per heavy atom. The minimum atomic E-state index is -0.0486. The van der Waals surface area contributed by atoms with Crippen molar-refractivity contribution in [3.05, 3.63) is 0 Å². The van der Waals surface area contributed by atoms with E-state index in [9.17, 15) is 9.59 Å². The van der Waals surface area contributed by atoms with Crippen molar-refractivity contribution in [1.29, 1.82) is 0 Å². The van der Waals surface area contributed by atoms with Crippen LogP contribution in [0.25, 0.3) is 0 Å². The van der Waals surface area contributed by atoms with Gasteiger partial charge >= 0.3 is 0 Å². The normalized spacial score (nSPS) is 33.9. The van der Waals surface area contributed by atoms with Crippen LogP contribution < -0.4 is 16.4 Å². The second-order valence-electron chi connectivity index (χ2n) is 7.55. The number of nitrogens with one attached hydrogen (secondary N) is 2. The van der Waals surface area contributed by atoms with Gasteiger partial charge in [0.1, 0.15) is 0 Å². The van der Waals surface area contributed by atoms with Crippen LogP contribution in [0.2, 0.25) is 0 Å². The summed E-state index contributed by atoms with van der Waals surface area (Å²) in [7, 11) is 0. The van der Waals surface area contributed by atoms with E-state index in [2.05, 4.69) is 17.6 Å². The molecule has 3 fully saturated rings. The minimum absolute atomic E-state index is 0.0486. The van der Waals surface area contributed by atoms with Gasteiger partial charge in [-0.05, 0) is 44.1 Å². The zero-order valence-electron chi connectivity index (χ0n) is 14.1. The Labute approximate surface area is 138 Å². The standard InChI is InChI=1S/C17H30N4O2/c1-11-4-2-5-12-8-14(20-16(11)12)17(23)19-13-9-21(10-13)15(22)6-3-7-18/h11-14,16,20H,2-10,18H2,1H3,(H,19,23). The molecule has 4 atom stereocenters. The molecule has 0 aromatic heterocycles. The number of nitrogens with zero attached hydrogens (tertiary/aromatic N) is 1. The molecule has 2 heterocycles. The number of likely N-dealkylation sites (tertiary alicyclic amines) is 1. The Hall–Kier alpha value is -1.14. The zero-order valence-corrected chi connectivity index (χ0v) is 14.1. The van der Waals surface area contributed by atoms with Gasteiger partial charge in [0.05, 0.1) is 12.1 Å². The average Bonchev–Trinajstić information content (AvgIpc) is 2.93. The highest BCUT2D eigenvalue weighted by Crippen LogP contribution is 2.36. The predicted molar refractivity (Wildman–Crippen MR) is 88.6 cm³/mol. The third-order valence-corrected chi connectivity index (χ3v) is 5.78. The first-order valence-electron chi connectivity index (χ1n) is 9.12. The molecular weight excluding hydrogens is 292 g/mol. The number of hydrogen-bond acceptors (Lipinski definition) is 4. The van der Waals surface area contributed by atoms with Crippen molar-refractivity contribution >= 4 is 11.8 Å². The summed E-state index contributed by atoms with van der Waals surface area (Å²) in [6.07, 6.45) is 6.03. The lowest BCUT2D eigenvalue weighted by Crippen LogP contribution is -2.62. The fourth-order valence-corrected chi connectivity index (χ4v) is 4.36. The van der Waals surface area contributed by atoms with E-state index in [0.29, 0.717) is 43.9 Å². The predicted octanol–water partition coefficient (Wildman–Crippen LogP) is 0.219. The van der Waals surface area contributed by atoms with Crippen LogP contribution >= 0.6 is 0 Å². The maximum absolute atomic E-state index is 12.5. The first kappa shape index (κ1) is 16.7. The molecule has 1 aliphatic carbocycles. The van der Waals surface area contributed by atoms with Crippen molar-refractivity contribution in [3.8, 4) is 0 Å². The molecule has 23 heavy (non-hydrogen) atoms. The number of nitrogens with two attached hydrogens (primary N) is 1. The number of rotatable bonds is 5. The quantitative estimate of drug-likeness (QED) is 0.676. The van der Waals surface area contributed by atoms with Crippen LogP contribution in [0.3, 0.4) is 0 Å². The summed E-state index contributed by atoms with van der Waals surface area (Å²) >= 11 is 0. The van der Waals surface area contributed by atoms with Gasteiger partial charge in [0.25, 0.3) is 0 Å². The van der Waals surface area contributed by atoms with Crippen LogP contribution in [0.15, 0.2) is 0 Å². The third kappa shape index (κ3) is 3.69. The molecule has 6 heteroatoms. The number of amides is 2. The van der Waals surface area contributed by atoms with Crippen LogP contribution in [0.5, 0.6) is 0 Å². The van der Waals surface area contributed by atoms with Gasteiger partial charge < -0.3 is 21.3 Å². The number of carbonyl (C=O) groups excluding carboxylic acids is 2. The van der Waals surface area contributed by atoms with Crippen molar-refractivity contribution in [3.63, 3.8) is 0 Å². The fraction of sp³-hybridized carbons (Fsp3) is 0.882. The van der Waals surface area contributed by atoms with Gasteiger partial charge in [-0.15, -0.1) is 0 Å². The average molecular weight is 322 g/mol. The topological polar surface area (TPSA) is 87.5 Å². The maximum atomic E-state index is 12.5. The van der Waals surface area contributed by atoms with Crippen LogP contribution in [0, 0.1) is 11.8 Å². The fourth-order valence-electron chi connectivity index (χ4n) is 4.36. The second-order valence-corrected chi connectivity index (χ2v) is 7.55. The molecule has 0 bridgehead atoms. The van der Waals surface area contributed by atoms with E-state index >= 15 is 0 Å². The smallest absolute Gasteiger partial charge is 0.237 e. The summed E-state index contributed by atoms with van der Waals surface area (Å²) in [6.45, 7) is 4.13. The molecule has 4 N–H and O–H groups in total. The van der Waals surface area contributed by atoms with E-state index in [0.717, 1.165) is 12.8 Å². The Balaban J connectivity index is 1.40. The molecule has 130 valence electrons. The number of hydrogen-bond donors (Lipinski definition) is 3. The summed E-state index contributed by atoms with van der Waals surface area (Å²) in [6, 6.07) is 0.578. The van der Waals surface area contributed by atoms with Crippen molar-refractivity contribution in [2.24, 2.45) is 17.6 Å². The minimum Gasteiger partial charge on any atom is -0.348 e. The number of carbonyl (C=O) groups is 2. The van der Waals surface area contributed by atoms with Gasteiger partial charge in [0, 0.05) is 25.6 Å². The van der Waals surface area contributed by atoms with Crippen molar-refractivity contribution < 1.29 is 9.59 Å². The van der Waals surface area contributed by atoms with Crippen LogP contribution in [-0.4, -0.2) is 54.5 Å². The van der Waals surface area contributed by atoms with E-state index in [1.165, 1.54) is 19.3 Å². The highest BCUT2D eigenvalue weighted by molar-refractivity contribution is 5.83. The Morgan fingerprint density at radius 2 is 2.09 bits per heavy atom. The highest BCUT2D eigenvalue weighted by atomic mass is 16.2. The summed E-state index contributed by atoms with van der Waals surface area (Å²) < 4.78 is 0. The Bertz CT molecular complexity index is 450. The van der Waals surface area contributed by atoms with E-state index in [-0.39, 0.29) is 23.9 Å². The molecule has 0 aromatic rings. The molecule has 6 nitrogen and oxygen atoms in total. The first-order chi connectivity index (χ1) is 11.1. The lowest BCUT2D eigenvalue weighted by molar-refractivity contribution is -0.138. The monoisotopic (exact) mass is 322 g/mol. The molecule has 1 saturated carbocycles. The van der Waals surface area contributed by atoms with Crippen molar-refractivity contribution in [2.75, 3.05) is 19.6 Å². The van der Waals surface area contributed by atoms with Gasteiger partial charge in [-0.2, -0.15) is 0 Å². The Morgan fingerprint density at radius 1 is 1.30 bits per heavy atom. The van der Waals surface area contributed by atoms with Crippen molar-refractivity contribution in [1.82, 2.24) is 15.5 Å². The molecule has 0 aromatic carbocycles. The molecular formula is C17H30N4O2. The Kier molecular flexibility index (Phi) is 5.21. The van der Waals surface area contributed by atoms with Gasteiger partial charge in [-0.25, -0.2) is 0 Å². The molecule has 3 aliphatic rings. The van der Waals surface area contributed by atoms with Gasteiger partial charge in [0.2, 0.25) is 11.8 Å². The summed E-state index contributed by atoms with van der Waals surface area (Å²) in [4.78, 5) is 26.1. The second kappa shape index (κ2) is 7.18. The van der Waals surface area contributed by atoms with Crippen LogP contribution in [0.4, 0.5) is 0 Å². The molecule has 0 spiro atoms. The summed E-state index contributed by atoms with van der Waals surface area (Å²) in [5, 5.41) is 6.66. The van der Waals surface area contributed by atoms with E-state index < -0.39 is 0 Å². The van der Waals surface area contributed by atoms with Gasteiger partial charge in [-0.3, -0.25) is 9.59 Å². The van der Waals surface area contributed by atoms with Gasteiger partial charge in [-0.1, -0.05) is 13.3 Å². The molecule has 2 saturated heterocycles. The number of fused-ring (bicyclic) bond motifs is 1. The lowest BCUT2D eigenvalue weighted by atomic mass is 9.78. The van der Waals surface area contributed by atoms with Crippen molar-refractivity contribution in [2.45, 2.75) is 63.6 Å². The largest absolute Gasteiger partial charge is 0.348 e. The van der Waals surface area contributed by atoms with Crippen LogP contribution in [-0.2, 0) is 9.59 Å². The molecule has 2 aliphatic heterocycles. The van der Waals surface area contributed by atoms with Crippen LogP contribution in [0.1, 0.15) is 45.4 Å². The summed E-state index contributed by atoms with van der Waals surface area (Å²) in [5.74, 6) is 1.60. The van der Waals surface area contributed by atoms with E-state index in [1.807, 2.05) is 4.90 Å². The zero-order chi connectivity index (χ0) is 16.4. The SMILES string of the molecule is CC1CCCC2CC(C(=O)NC3CN(C(=O)CCCN)C3)NC12. The first-order valence-corrected chi connectivity index (χ1v) is 9.12. The maximum Gasteiger partial charge on any atom is 0.237 e.